The first-order valence-corrected chi connectivity index (χ1v) is 6.80. The van der Waals surface area contributed by atoms with Gasteiger partial charge < -0.3 is 0 Å². The number of aromatic nitrogens is 2. The second-order valence-corrected chi connectivity index (χ2v) is 5.62. The van der Waals surface area contributed by atoms with Crippen molar-refractivity contribution < 1.29 is 17.2 Å². The average molecular weight is 287 g/mol. The number of aryl methyl sites for hydroxylation is 1. The van der Waals surface area contributed by atoms with Crippen LogP contribution in [0.3, 0.4) is 0 Å². The van der Waals surface area contributed by atoms with Crippen LogP contribution in [0.5, 0.6) is 0 Å². The van der Waals surface area contributed by atoms with E-state index in [0.29, 0.717) is 11.8 Å². The van der Waals surface area contributed by atoms with Gasteiger partial charge in [0, 0.05) is 13.2 Å². The molecule has 0 bridgehead atoms. The standard InChI is InChI=1S/C11H11F2N3O2S/c1-16-5-4-9(15-16)7-14-19(17,18)11-6-8(12)2-3-10(11)13/h2-6,14H,7H2,1H3. The molecule has 0 atom stereocenters. The molecular weight excluding hydrogens is 276 g/mol. The summed E-state index contributed by atoms with van der Waals surface area (Å²) in [5.74, 6) is -1.82. The molecule has 2 aromatic rings. The van der Waals surface area contributed by atoms with Crippen LogP contribution >= 0.6 is 0 Å². The van der Waals surface area contributed by atoms with Gasteiger partial charge in [-0.05, 0) is 24.3 Å². The van der Waals surface area contributed by atoms with Gasteiger partial charge in [-0.25, -0.2) is 21.9 Å². The zero-order valence-electron chi connectivity index (χ0n) is 9.97. The second kappa shape index (κ2) is 5.06. The summed E-state index contributed by atoms with van der Waals surface area (Å²) in [6.07, 6.45) is 1.65. The highest BCUT2D eigenvalue weighted by Gasteiger charge is 2.19. The van der Waals surface area contributed by atoms with Crippen molar-refractivity contribution in [1.82, 2.24) is 14.5 Å². The summed E-state index contributed by atoms with van der Waals surface area (Å²) in [7, 11) is -2.43. The maximum absolute atomic E-state index is 13.4. The molecule has 0 amide bonds. The topological polar surface area (TPSA) is 64.0 Å². The molecule has 1 N–H and O–H groups in total. The lowest BCUT2D eigenvalue weighted by Crippen LogP contribution is -2.24. The number of benzene rings is 1. The summed E-state index contributed by atoms with van der Waals surface area (Å²) in [6, 6.07) is 3.87. The molecule has 0 radical (unpaired) electrons. The van der Waals surface area contributed by atoms with Gasteiger partial charge in [-0.3, -0.25) is 4.68 Å². The minimum atomic E-state index is -4.12. The van der Waals surface area contributed by atoms with Gasteiger partial charge in [-0.15, -0.1) is 0 Å². The monoisotopic (exact) mass is 287 g/mol. The first-order valence-electron chi connectivity index (χ1n) is 5.32. The largest absolute Gasteiger partial charge is 0.276 e. The molecule has 19 heavy (non-hydrogen) atoms. The molecule has 1 aromatic heterocycles. The Labute approximate surface area is 108 Å². The molecule has 0 saturated carbocycles. The molecule has 0 unspecified atom stereocenters. The van der Waals surface area contributed by atoms with Gasteiger partial charge in [-0.2, -0.15) is 5.10 Å². The summed E-state index contributed by atoms with van der Waals surface area (Å²) >= 11 is 0. The van der Waals surface area contributed by atoms with E-state index in [1.807, 2.05) is 0 Å². The smallest absolute Gasteiger partial charge is 0.243 e. The Bertz CT molecular complexity index is 698. The number of sulfonamides is 1. The van der Waals surface area contributed by atoms with Crippen LogP contribution in [-0.4, -0.2) is 18.2 Å². The summed E-state index contributed by atoms with van der Waals surface area (Å²) < 4.78 is 53.7. The van der Waals surface area contributed by atoms with Gasteiger partial charge in [0.25, 0.3) is 0 Å². The first-order chi connectivity index (χ1) is 8.88. The van der Waals surface area contributed by atoms with E-state index >= 15 is 0 Å². The normalized spacial score (nSPS) is 11.7. The van der Waals surface area contributed by atoms with Crippen LogP contribution in [0.1, 0.15) is 5.69 Å². The maximum atomic E-state index is 13.4. The van der Waals surface area contributed by atoms with Crippen LogP contribution in [0.15, 0.2) is 35.4 Å². The summed E-state index contributed by atoms with van der Waals surface area (Å²) in [6.45, 7) is -0.0981. The van der Waals surface area contributed by atoms with Gasteiger partial charge >= 0.3 is 0 Å². The van der Waals surface area contributed by atoms with Crippen LogP contribution in [0.2, 0.25) is 0 Å². The number of nitrogens with zero attached hydrogens (tertiary/aromatic N) is 2. The van der Waals surface area contributed by atoms with Gasteiger partial charge in [0.2, 0.25) is 10.0 Å². The lowest BCUT2D eigenvalue weighted by molar-refractivity contribution is 0.545. The van der Waals surface area contributed by atoms with Gasteiger partial charge in [0.15, 0.2) is 0 Å². The molecule has 1 heterocycles. The van der Waals surface area contributed by atoms with Crippen molar-refractivity contribution in [3.63, 3.8) is 0 Å². The Balaban J connectivity index is 2.20. The molecule has 2 rings (SSSR count). The lowest BCUT2D eigenvalue weighted by atomic mass is 10.3. The maximum Gasteiger partial charge on any atom is 0.243 e. The van der Waals surface area contributed by atoms with E-state index < -0.39 is 26.6 Å². The molecule has 8 heteroatoms. The molecule has 0 aliphatic carbocycles. The zero-order valence-corrected chi connectivity index (χ0v) is 10.8. The summed E-state index contributed by atoms with van der Waals surface area (Å²) in [5.41, 5.74) is 0.475. The third kappa shape index (κ3) is 3.15. The van der Waals surface area contributed by atoms with Crippen LogP contribution in [-0.2, 0) is 23.6 Å². The average Bonchev–Trinajstić information content (AvgIpc) is 2.76. The van der Waals surface area contributed by atoms with Crippen LogP contribution < -0.4 is 4.72 Å². The van der Waals surface area contributed by atoms with E-state index in [9.17, 15) is 17.2 Å². The molecule has 0 saturated heterocycles. The molecule has 102 valence electrons. The van der Waals surface area contributed by atoms with Gasteiger partial charge in [0.05, 0.1) is 12.2 Å². The first kappa shape index (κ1) is 13.6. The van der Waals surface area contributed by atoms with Crippen molar-refractivity contribution in [2.45, 2.75) is 11.4 Å². The minimum Gasteiger partial charge on any atom is -0.276 e. The van der Waals surface area contributed by atoms with E-state index in [2.05, 4.69) is 9.82 Å². The Morgan fingerprint density at radius 3 is 2.68 bits per heavy atom. The fourth-order valence-corrected chi connectivity index (χ4v) is 2.57. The van der Waals surface area contributed by atoms with Gasteiger partial charge in [-0.1, -0.05) is 0 Å². The predicted molar refractivity (Wildman–Crippen MR) is 63.6 cm³/mol. The van der Waals surface area contributed by atoms with E-state index in [0.717, 1.165) is 12.1 Å². The fourth-order valence-electron chi connectivity index (χ4n) is 1.49. The molecule has 5 nitrogen and oxygen atoms in total. The number of hydrogen-bond donors (Lipinski definition) is 1. The number of rotatable bonds is 4. The summed E-state index contributed by atoms with van der Waals surface area (Å²) in [4.78, 5) is -0.719. The highest BCUT2D eigenvalue weighted by atomic mass is 32.2. The number of nitrogens with one attached hydrogen (secondary N) is 1. The van der Waals surface area contributed by atoms with E-state index in [-0.39, 0.29) is 6.54 Å². The Morgan fingerprint density at radius 1 is 1.32 bits per heavy atom. The van der Waals surface area contributed by atoms with Gasteiger partial charge in [0.1, 0.15) is 16.5 Å². The number of hydrogen-bond acceptors (Lipinski definition) is 3. The van der Waals surface area contributed by atoms with Crippen LogP contribution in [0.25, 0.3) is 0 Å². The van der Waals surface area contributed by atoms with E-state index in [1.54, 1.807) is 19.3 Å². The molecule has 0 fully saturated rings. The number of halogens is 2. The molecule has 1 aromatic carbocycles. The Hall–Kier alpha value is -1.80. The highest BCUT2D eigenvalue weighted by Crippen LogP contribution is 2.15. The van der Waals surface area contributed by atoms with E-state index in [4.69, 9.17) is 0 Å². The zero-order chi connectivity index (χ0) is 14.0. The lowest BCUT2D eigenvalue weighted by Gasteiger charge is -2.06. The van der Waals surface area contributed by atoms with E-state index in [1.165, 1.54) is 4.68 Å². The highest BCUT2D eigenvalue weighted by molar-refractivity contribution is 7.89. The van der Waals surface area contributed by atoms with Crippen molar-refractivity contribution >= 4 is 10.0 Å². The fraction of sp³-hybridized carbons (Fsp3) is 0.182. The minimum absolute atomic E-state index is 0.0981. The molecule has 0 spiro atoms. The Morgan fingerprint density at radius 2 is 2.05 bits per heavy atom. The molecule has 0 aliphatic rings. The SMILES string of the molecule is Cn1ccc(CNS(=O)(=O)c2cc(F)ccc2F)n1. The third-order valence-corrected chi connectivity index (χ3v) is 3.81. The Kier molecular flexibility index (Phi) is 3.63. The molecule has 0 aliphatic heterocycles. The van der Waals surface area contributed by atoms with Crippen molar-refractivity contribution in [2.24, 2.45) is 7.05 Å². The predicted octanol–water partition coefficient (Wildman–Crippen LogP) is 1.18. The van der Waals surface area contributed by atoms with Crippen molar-refractivity contribution in [2.75, 3.05) is 0 Å². The van der Waals surface area contributed by atoms with Crippen LogP contribution in [0, 0.1) is 11.6 Å². The quantitative estimate of drug-likeness (QED) is 0.918. The van der Waals surface area contributed by atoms with Crippen molar-refractivity contribution in [3.8, 4) is 0 Å². The van der Waals surface area contributed by atoms with Crippen LogP contribution in [0.4, 0.5) is 8.78 Å². The summed E-state index contributed by atoms with van der Waals surface area (Å²) in [5, 5.41) is 3.97. The second-order valence-electron chi connectivity index (χ2n) is 3.88. The van der Waals surface area contributed by atoms with Crippen molar-refractivity contribution in [1.29, 1.82) is 0 Å². The molecular formula is C11H11F2N3O2S. The van der Waals surface area contributed by atoms with Crippen molar-refractivity contribution in [3.05, 3.63) is 47.8 Å². The third-order valence-electron chi connectivity index (χ3n) is 2.39.